The number of carbonyl (C=O) groups is 2. The van der Waals surface area contributed by atoms with Gasteiger partial charge >= 0.3 is 5.97 Å². The number of nitrogens with zero attached hydrogens (tertiary/aromatic N) is 1. The highest BCUT2D eigenvalue weighted by molar-refractivity contribution is 5.79. The van der Waals surface area contributed by atoms with Gasteiger partial charge in [0, 0.05) is 19.0 Å². The van der Waals surface area contributed by atoms with Crippen LogP contribution in [0.5, 0.6) is 0 Å². The number of aliphatic carboxylic acids is 1. The molecule has 1 amide bonds. The second kappa shape index (κ2) is 7.25. The maximum absolute atomic E-state index is 12.6. The van der Waals surface area contributed by atoms with Gasteiger partial charge in [-0.05, 0) is 43.7 Å². The van der Waals surface area contributed by atoms with Crippen molar-refractivity contribution in [2.75, 3.05) is 6.54 Å². The number of carbonyl (C=O) groups excluding carboxylic acids is 1. The molecule has 0 unspecified atom stereocenters. The number of benzene rings is 1. The summed E-state index contributed by atoms with van der Waals surface area (Å²) in [5, 5.41) is 8.84. The first-order valence-corrected chi connectivity index (χ1v) is 7.63. The van der Waals surface area contributed by atoms with Crippen molar-refractivity contribution in [3.05, 3.63) is 35.4 Å². The lowest BCUT2D eigenvalue weighted by molar-refractivity contribution is -0.139. The van der Waals surface area contributed by atoms with Gasteiger partial charge in [-0.25, -0.2) is 0 Å². The first-order chi connectivity index (χ1) is 10.1. The predicted molar refractivity (Wildman–Crippen MR) is 81.1 cm³/mol. The number of rotatable bonds is 5. The summed E-state index contributed by atoms with van der Waals surface area (Å²) in [6.45, 7) is 2.77. The lowest BCUT2D eigenvalue weighted by Gasteiger charge is -2.36. The van der Waals surface area contributed by atoms with Crippen LogP contribution in [-0.4, -0.2) is 34.5 Å². The highest BCUT2D eigenvalue weighted by Crippen LogP contribution is 2.22. The van der Waals surface area contributed by atoms with Crippen molar-refractivity contribution in [2.45, 2.75) is 51.5 Å². The van der Waals surface area contributed by atoms with Gasteiger partial charge in [-0.3, -0.25) is 9.59 Å². The van der Waals surface area contributed by atoms with Crippen molar-refractivity contribution >= 4 is 11.9 Å². The van der Waals surface area contributed by atoms with Crippen LogP contribution in [0.3, 0.4) is 0 Å². The van der Waals surface area contributed by atoms with Crippen LogP contribution in [0.15, 0.2) is 24.3 Å². The van der Waals surface area contributed by atoms with Gasteiger partial charge in [-0.2, -0.15) is 0 Å². The first kappa shape index (κ1) is 15.5. The van der Waals surface area contributed by atoms with Gasteiger partial charge < -0.3 is 10.0 Å². The summed E-state index contributed by atoms with van der Waals surface area (Å²) in [7, 11) is 0. The number of amides is 1. The Labute approximate surface area is 125 Å². The predicted octanol–water partition coefficient (Wildman–Crippen LogP) is 2.78. The molecular weight excluding hydrogens is 266 g/mol. The minimum Gasteiger partial charge on any atom is -0.481 e. The summed E-state index contributed by atoms with van der Waals surface area (Å²) in [6.07, 6.45) is 4.14. The molecule has 1 atom stereocenters. The average molecular weight is 289 g/mol. The monoisotopic (exact) mass is 289 g/mol. The average Bonchev–Trinajstić information content (AvgIpc) is 2.47. The molecule has 1 aromatic rings. The third-order valence-corrected chi connectivity index (χ3v) is 4.24. The van der Waals surface area contributed by atoms with Crippen molar-refractivity contribution < 1.29 is 14.7 Å². The van der Waals surface area contributed by atoms with Gasteiger partial charge in [-0.1, -0.05) is 24.3 Å². The third-order valence-electron chi connectivity index (χ3n) is 4.24. The molecule has 1 heterocycles. The van der Waals surface area contributed by atoms with Crippen molar-refractivity contribution in [3.63, 3.8) is 0 Å². The van der Waals surface area contributed by atoms with Crippen LogP contribution in [0.4, 0.5) is 0 Å². The Bertz CT molecular complexity index is 513. The minimum absolute atomic E-state index is 0.0892. The smallest absolute Gasteiger partial charge is 0.303 e. The SMILES string of the molecule is Cc1ccccc1CC(=O)N1CCCC[C@H]1CCC(=O)O. The number of carboxylic acids is 1. The van der Waals surface area contributed by atoms with Gasteiger partial charge in [0.05, 0.1) is 6.42 Å². The summed E-state index contributed by atoms with van der Waals surface area (Å²) >= 11 is 0. The van der Waals surface area contributed by atoms with E-state index in [0.717, 1.165) is 36.9 Å². The number of likely N-dealkylation sites (tertiary alicyclic amines) is 1. The zero-order chi connectivity index (χ0) is 15.2. The Kier molecular flexibility index (Phi) is 5.37. The van der Waals surface area contributed by atoms with Crippen molar-refractivity contribution in [3.8, 4) is 0 Å². The highest BCUT2D eigenvalue weighted by atomic mass is 16.4. The zero-order valence-corrected chi connectivity index (χ0v) is 12.5. The number of piperidine rings is 1. The molecule has 4 heteroatoms. The van der Waals surface area contributed by atoms with E-state index in [-0.39, 0.29) is 18.4 Å². The number of carboxylic acid groups (broad SMARTS) is 1. The second-order valence-electron chi connectivity index (χ2n) is 5.77. The fourth-order valence-corrected chi connectivity index (χ4v) is 2.99. The normalized spacial score (nSPS) is 18.5. The van der Waals surface area contributed by atoms with Gasteiger partial charge in [-0.15, -0.1) is 0 Å². The lowest BCUT2D eigenvalue weighted by atomic mass is 9.96. The fourth-order valence-electron chi connectivity index (χ4n) is 2.99. The van der Waals surface area contributed by atoms with Gasteiger partial charge in [0.2, 0.25) is 5.91 Å². The molecule has 1 aliphatic rings. The van der Waals surface area contributed by atoms with Crippen molar-refractivity contribution in [1.29, 1.82) is 0 Å². The van der Waals surface area contributed by atoms with E-state index in [1.54, 1.807) is 0 Å². The summed E-state index contributed by atoms with van der Waals surface area (Å²) in [5.41, 5.74) is 2.19. The summed E-state index contributed by atoms with van der Waals surface area (Å²) in [5.74, 6) is -0.661. The fraction of sp³-hybridized carbons (Fsp3) is 0.529. The van der Waals surface area contributed by atoms with Crippen LogP contribution in [0.25, 0.3) is 0 Å². The van der Waals surface area contributed by atoms with E-state index in [0.29, 0.717) is 12.8 Å². The Morgan fingerprint density at radius 1 is 1.29 bits per heavy atom. The Morgan fingerprint density at radius 2 is 2.05 bits per heavy atom. The van der Waals surface area contributed by atoms with E-state index >= 15 is 0 Å². The van der Waals surface area contributed by atoms with Crippen molar-refractivity contribution in [2.24, 2.45) is 0 Å². The lowest BCUT2D eigenvalue weighted by Crippen LogP contribution is -2.44. The van der Waals surface area contributed by atoms with Crippen LogP contribution < -0.4 is 0 Å². The Balaban J connectivity index is 2.01. The Morgan fingerprint density at radius 3 is 2.76 bits per heavy atom. The van der Waals surface area contributed by atoms with E-state index in [1.165, 1.54) is 0 Å². The zero-order valence-electron chi connectivity index (χ0n) is 12.5. The third kappa shape index (κ3) is 4.31. The van der Waals surface area contributed by atoms with E-state index in [4.69, 9.17) is 5.11 Å². The molecule has 0 radical (unpaired) electrons. The molecule has 0 bridgehead atoms. The molecule has 0 saturated carbocycles. The topological polar surface area (TPSA) is 57.6 Å². The van der Waals surface area contributed by atoms with E-state index in [2.05, 4.69) is 0 Å². The molecule has 0 aromatic heterocycles. The largest absolute Gasteiger partial charge is 0.481 e. The van der Waals surface area contributed by atoms with Gasteiger partial charge in [0.1, 0.15) is 0 Å². The second-order valence-corrected chi connectivity index (χ2v) is 5.77. The van der Waals surface area contributed by atoms with E-state index < -0.39 is 5.97 Å². The van der Waals surface area contributed by atoms with Gasteiger partial charge in [0.25, 0.3) is 0 Å². The molecule has 1 aromatic carbocycles. The number of hydrogen-bond acceptors (Lipinski definition) is 2. The van der Waals surface area contributed by atoms with E-state index in [9.17, 15) is 9.59 Å². The molecule has 114 valence electrons. The van der Waals surface area contributed by atoms with Gasteiger partial charge in [0.15, 0.2) is 0 Å². The summed E-state index contributed by atoms with van der Waals surface area (Å²) in [4.78, 5) is 25.2. The van der Waals surface area contributed by atoms with Crippen LogP contribution in [-0.2, 0) is 16.0 Å². The molecule has 1 aliphatic heterocycles. The molecular formula is C17H23NO3. The van der Waals surface area contributed by atoms with Crippen LogP contribution in [0.1, 0.15) is 43.2 Å². The van der Waals surface area contributed by atoms with Crippen LogP contribution in [0.2, 0.25) is 0 Å². The summed E-state index contributed by atoms with van der Waals surface area (Å²) < 4.78 is 0. The number of hydrogen-bond donors (Lipinski definition) is 1. The van der Waals surface area contributed by atoms with E-state index in [1.807, 2.05) is 36.1 Å². The molecule has 1 saturated heterocycles. The molecule has 1 fully saturated rings. The van der Waals surface area contributed by atoms with Crippen LogP contribution in [0, 0.1) is 6.92 Å². The van der Waals surface area contributed by atoms with Crippen LogP contribution >= 0.6 is 0 Å². The first-order valence-electron chi connectivity index (χ1n) is 7.63. The number of aryl methyl sites for hydroxylation is 1. The maximum atomic E-state index is 12.6. The maximum Gasteiger partial charge on any atom is 0.303 e. The Hall–Kier alpha value is -1.84. The molecule has 1 N–H and O–H groups in total. The molecule has 21 heavy (non-hydrogen) atoms. The molecule has 0 spiro atoms. The minimum atomic E-state index is -0.785. The molecule has 2 rings (SSSR count). The van der Waals surface area contributed by atoms with Crippen molar-refractivity contribution in [1.82, 2.24) is 4.90 Å². The highest BCUT2D eigenvalue weighted by Gasteiger charge is 2.27. The quantitative estimate of drug-likeness (QED) is 0.906. The standard InChI is InChI=1S/C17H23NO3/c1-13-6-2-3-7-14(13)12-16(19)18-11-5-4-8-15(18)9-10-17(20)21/h2-3,6-7,15H,4-5,8-12H2,1H3,(H,20,21)/t15-/m0/s1. The summed E-state index contributed by atoms with van der Waals surface area (Å²) in [6, 6.07) is 8.02. The molecule has 4 nitrogen and oxygen atoms in total. The molecule has 0 aliphatic carbocycles.